The van der Waals surface area contributed by atoms with Crippen molar-refractivity contribution in [1.29, 1.82) is 0 Å². The third-order valence-corrected chi connectivity index (χ3v) is 6.83. The number of nitrogens with zero attached hydrogens (tertiary/aromatic N) is 1. The van der Waals surface area contributed by atoms with E-state index in [1.54, 1.807) is 12.1 Å². The lowest BCUT2D eigenvalue weighted by molar-refractivity contribution is -0.0177. The molecule has 3 aliphatic rings. The van der Waals surface area contributed by atoms with Crippen molar-refractivity contribution in [2.75, 3.05) is 11.9 Å². The highest BCUT2D eigenvalue weighted by molar-refractivity contribution is 5.84. The highest BCUT2D eigenvalue weighted by Gasteiger charge is 2.52. The van der Waals surface area contributed by atoms with E-state index in [1.807, 2.05) is 0 Å². The summed E-state index contributed by atoms with van der Waals surface area (Å²) in [5.74, 6) is 0.732. The average Bonchev–Trinajstić information content (AvgIpc) is 3.01. The Morgan fingerprint density at radius 2 is 2.22 bits per heavy atom. The second kappa shape index (κ2) is 8.17. The topological polar surface area (TPSA) is 41.6 Å². The number of amides is 1. The summed E-state index contributed by atoms with van der Waals surface area (Å²) in [4.78, 5) is 15.2. The molecule has 0 aromatic heterocycles. The molecule has 148 valence electrons. The molecule has 1 amide bonds. The first-order valence-electron chi connectivity index (χ1n) is 10.6. The second-order valence-electron chi connectivity index (χ2n) is 8.48. The average molecular weight is 374 g/mol. The van der Waals surface area contributed by atoms with Gasteiger partial charge in [0.25, 0.3) is 0 Å². The number of fused-ring (bicyclic) bond motifs is 4. The lowest BCUT2D eigenvalue weighted by Crippen LogP contribution is -2.55. The van der Waals surface area contributed by atoms with Gasteiger partial charge in [0.2, 0.25) is 0 Å². The number of carbonyl (C=O) groups excluding carboxylic acids is 1. The van der Waals surface area contributed by atoms with Crippen LogP contribution in [0.15, 0.2) is 24.3 Å². The molecule has 5 heteroatoms. The van der Waals surface area contributed by atoms with Crippen LogP contribution in [0.5, 0.6) is 0 Å². The summed E-state index contributed by atoms with van der Waals surface area (Å²) >= 11 is 0. The quantitative estimate of drug-likeness (QED) is 0.770. The van der Waals surface area contributed by atoms with Crippen LogP contribution in [0.1, 0.15) is 58.3 Å². The summed E-state index contributed by atoms with van der Waals surface area (Å²) in [6, 6.07) is 7.17. The van der Waals surface area contributed by atoms with Gasteiger partial charge in [0.1, 0.15) is 11.9 Å². The normalized spacial score (nSPS) is 32.7. The van der Waals surface area contributed by atoms with Gasteiger partial charge >= 0.3 is 6.09 Å². The summed E-state index contributed by atoms with van der Waals surface area (Å²) in [7, 11) is 0. The predicted molar refractivity (Wildman–Crippen MR) is 104 cm³/mol. The Bertz CT molecular complexity index is 667. The van der Waals surface area contributed by atoms with Crippen molar-refractivity contribution >= 4 is 11.8 Å². The van der Waals surface area contributed by atoms with E-state index in [1.165, 1.54) is 63.6 Å². The molecule has 0 unspecified atom stereocenters. The molecule has 1 aromatic rings. The molecule has 4 nitrogen and oxygen atoms in total. The molecule has 1 aromatic carbocycles. The molecule has 27 heavy (non-hydrogen) atoms. The van der Waals surface area contributed by atoms with Crippen molar-refractivity contribution in [3.63, 3.8) is 0 Å². The SMILES string of the molecule is CCCC[C@H]1[C@@H]2C[C@H]([C@H]3CCCCN31)[C@H](OC(=O)Nc1cccc(F)c1)C2. The third kappa shape index (κ3) is 3.98. The third-order valence-electron chi connectivity index (χ3n) is 6.83. The number of piperidine rings is 2. The highest BCUT2D eigenvalue weighted by atomic mass is 19.1. The standard InChI is InChI=1S/C22H31FN2O2/c1-2-3-9-19-15-12-18(20-10-4-5-11-25(19)20)21(13-15)27-22(26)24-17-8-6-7-16(23)14-17/h6-8,14-15,18-21H,2-5,9-13H2,1H3,(H,24,26)/t15-,18-,19+,20-,21-/m1/s1. The number of rotatable bonds is 5. The number of benzene rings is 1. The number of hydrogen-bond acceptors (Lipinski definition) is 3. The lowest BCUT2D eigenvalue weighted by Gasteiger charge is -2.49. The van der Waals surface area contributed by atoms with Crippen LogP contribution in [-0.2, 0) is 4.74 Å². The second-order valence-corrected chi connectivity index (χ2v) is 8.48. The van der Waals surface area contributed by atoms with Gasteiger partial charge in [0, 0.05) is 23.7 Å². The largest absolute Gasteiger partial charge is 0.446 e. The first kappa shape index (κ1) is 18.7. The van der Waals surface area contributed by atoms with Crippen LogP contribution >= 0.6 is 0 Å². The van der Waals surface area contributed by atoms with Crippen LogP contribution in [-0.4, -0.2) is 35.7 Å². The molecule has 1 N–H and O–H groups in total. The van der Waals surface area contributed by atoms with E-state index in [4.69, 9.17) is 4.74 Å². The van der Waals surface area contributed by atoms with Gasteiger partial charge in [-0.3, -0.25) is 10.2 Å². The monoisotopic (exact) mass is 374 g/mol. The predicted octanol–water partition coefficient (Wildman–Crippen LogP) is 5.20. The molecule has 4 rings (SSSR count). The smallest absolute Gasteiger partial charge is 0.411 e. The highest BCUT2D eigenvalue weighted by Crippen LogP contribution is 2.49. The Labute approximate surface area is 161 Å². The van der Waals surface area contributed by atoms with E-state index >= 15 is 0 Å². The fourth-order valence-electron chi connectivity index (χ4n) is 5.71. The Kier molecular flexibility index (Phi) is 5.67. The summed E-state index contributed by atoms with van der Waals surface area (Å²) in [6.07, 6.45) is 9.29. The van der Waals surface area contributed by atoms with Crippen LogP contribution < -0.4 is 5.32 Å². The molecular formula is C22H31FN2O2. The molecule has 2 aliphatic heterocycles. The van der Waals surface area contributed by atoms with Gasteiger partial charge < -0.3 is 4.74 Å². The van der Waals surface area contributed by atoms with Gasteiger partial charge in [-0.25, -0.2) is 9.18 Å². The molecule has 3 fully saturated rings. The fourth-order valence-corrected chi connectivity index (χ4v) is 5.71. The zero-order valence-corrected chi connectivity index (χ0v) is 16.2. The maximum atomic E-state index is 13.3. The number of nitrogens with one attached hydrogen (secondary N) is 1. The Hall–Kier alpha value is -1.62. The van der Waals surface area contributed by atoms with Crippen LogP contribution in [0, 0.1) is 17.7 Å². The minimum atomic E-state index is -0.453. The molecular weight excluding hydrogens is 343 g/mol. The van der Waals surface area contributed by atoms with Crippen molar-refractivity contribution in [1.82, 2.24) is 4.90 Å². The van der Waals surface area contributed by atoms with Gasteiger partial charge in [-0.15, -0.1) is 0 Å². The van der Waals surface area contributed by atoms with E-state index in [9.17, 15) is 9.18 Å². The van der Waals surface area contributed by atoms with Crippen molar-refractivity contribution in [2.45, 2.75) is 76.5 Å². The lowest BCUT2D eigenvalue weighted by atomic mass is 9.79. The molecule has 1 saturated carbocycles. The van der Waals surface area contributed by atoms with Gasteiger partial charge in [0.15, 0.2) is 0 Å². The Balaban J connectivity index is 1.43. The molecule has 0 radical (unpaired) electrons. The zero-order valence-electron chi connectivity index (χ0n) is 16.2. The van der Waals surface area contributed by atoms with E-state index in [0.29, 0.717) is 29.6 Å². The van der Waals surface area contributed by atoms with Crippen molar-refractivity contribution in [2.24, 2.45) is 11.8 Å². The number of hydrogen-bond donors (Lipinski definition) is 1. The number of ether oxygens (including phenoxy) is 1. The molecule has 0 spiro atoms. The van der Waals surface area contributed by atoms with Gasteiger partial charge in [0.05, 0.1) is 0 Å². The Morgan fingerprint density at radius 3 is 3.04 bits per heavy atom. The van der Waals surface area contributed by atoms with Crippen LogP contribution in [0.3, 0.4) is 0 Å². The number of unbranched alkanes of at least 4 members (excludes halogenated alkanes) is 1. The van der Waals surface area contributed by atoms with Gasteiger partial charge in [-0.05, 0) is 62.8 Å². The first-order chi connectivity index (χ1) is 13.2. The van der Waals surface area contributed by atoms with E-state index < -0.39 is 6.09 Å². The summed E-state index contributed by atoms with van der Waals surface area (Å²) in [6.45, 7) is 3.46. The van der Waals surface area contributed by atoms with Crippen molar-refractivity contribution in [3.05, 3.63) is 30.1 Å². The van der Waals surface area contributed by atoms with Crippen LogP contribution in [0.2, 0.25) is 0 Å². The van der Waals surface area contributed by atoms with E-state index in [-0.39, 0.29) is 11.9 Å². The maximum Gasteiger partial charge on any atom is 0.411 e. The van der Waals surface area contributed by atoms with Crippen LogP contribution in [0.4, 0.5) is 14.9 Å². The number of halogens is 1. The minimum Gasteiger partial charge on any atom is -0.446 e. The molecule has 5 atom stereocenters. The Morgan fingerprint density at radius 1 is 1.33 bits per heavy atom. The summed E-state index contributed by atoms with van der Waals surface area (Å²) < 4.78 is 19.2. The molecule has 2 saturated heterocycles. The zero-order chi connectivity index (χ0) is 18.8. The molecule has 2 bridgehead atoms. The van der Waals surface area contributed by atoms with Crippen molar-refractivity contribution in [3.8, 4) is 0 Å². The first-order valence-corrected chi connectivity index (χ1v) is 10.6. The fraction of sp³-hybridized carbons (Fsp3) is 0.682. The van der Waals surface area contributed by atoms with E-state index in [2.05, 4.69) is 17.1 Å². The van der Waals surface area contributed by atoms with Crippen LogP contribution in [0.25, 0.3) is 0 Å². The maximum absolute atomic E-state index is 13.3. The number of anilines is 1. The summed E-state index contributed by atoms with van der Waals surface area (Å²) in [5.41, 5.74) is 0.445. The molecule has 1 aliphatic carbocycles. The summed E-state index contributed by atoms with van der Waals surface area (Å²) in [5, 5.41) is 2.69. The molecule has 2 heterocycles. The van der Waals surface area contributed by atoms with Crippen molar-refractivity contribution < 1.29 is 13.9 Å². The van der Waals surface area contributed by atoms with Gasteiger partial charge in [-0.1, -0.05) is 32.3 Å². The van der Waals surface area contributed by atoms with E-state index in [0.717, 1.165) is 6.42 Å². The van der Waals surface area contributed by atoms with Gasteiger partial charge in [-0.2, -0.15) is 0 Å². The minimum absolute atomic E-state index is 0.0132. The number of carbonyl (C=O) groups is 1.